The van der Waals surface area contributed by atoms with Crippen LogP contribution in [-0.2, 0) is 0 Å². The maximum Gasteiger partial charge on any atom is 0.305 e. The first-order chi connectivity index (χ1) is 13.0. The van der Waals surface area contributed by atoms with Gasteiger partial charge >= 0.3 is 6.08 Å². The van der Waals surface area contributed by atoms with Gasteiger partial charge in [-0.3, -0.25) is 0 Å². The third-order valence-corrected chi connectivity index (χ3v) is 3.61. The smallest absolute Gasteiger partial charge is 0.305 e. The number of benzene rings is 3. The number of hydrogen-bond donors (Lipinski definition) is 0. The van der Waals surface area contributed by atoms with E-state index in [9.17, 15) is 17.6 Å². The Balaban J connectivity index is 1.76. The lowest BCUT2D eigenvalue weighted by Crippen LogP contribution is -1.87. The van der Waals surface area contributed by atoms with Crippen molar-refractivity contribution in [1.82, 2.24) is 0 Å². The molecule has 0 unspecified atom stereocenters. The van der Waals surface area contributed by atoms with E-state index in [1.165, 1.54) is 42.5 Å². The molecule has 3 aromatic carbocycles. The number of hydrogen-bond acceptors (Lipinski definition) is 1. The zero-order valence-electron chi connectivity index (χ0n) is 13.8. The molecule has 0 radical (unpaired) electrons. The van der Waals surface area contributed by atoms with Crippen molar-refractivity contribution in [2.24, 2.45) is 0 Å². The molecule has 1 nitrogen and oxygen atoms in total. The van der Waals surface area contributed by atoms with Gasteiger partial charge in [0.25, 0.3) is 0 Å². The van der Waals surface area contributed by atoms with Gasteiger partial charge in [-0.15, -0.1) is 0 Å². The van der Waals surface area contributed by atoms with Gasteiger partial charge in [-0.05, 0) is 54.1 Å². The Kier molecular flexibility index (Phi) is 5.58. The predicted molar refractivity (Wildman–Crippen MR) is 95.1 cm³/mol. The fourth-order valence-corrected chi connectivity index (χ4v) is 2.33. The van der Waals surface area contributed by atoms with Crippen molar-refractivity contribution >= 4 is 0 Å². The summed E-state index contributed by atoms with van der Waals surface area (Å²) in [6, 6.07) is 16.3. The van der Waals surface area contributed by atoms with Crippen LogP contribution in [0.5, 0.6) is 5.75 Å². The van der Waals surface area contributed by atoms with Crippen LogP contribution in [0.2, 0.25) is 0 Å². The highest BCUT2D eigenvalue weighted by atomic mass is 19.3. The van der Waals surface area contributed by atoms with Crippen LogP contribution >= 0.6 is 0 Å². The monoisotopic (exact) mass is 368 g/mol. The molecule has 0 fully saturated rings. The third-order valence-electron chi connectivity index (χ3n) is 3.61. The van der Waals surface area contributed by atoms with Crippen LogP contribution in [0.3, 0.4) is 0 Å². The highest BCUT2D eigenvalue weighted by Gasteiger charge is 2.05. The van der Waals surface area contributed by atoms with E-state index in [-0.39, 0.29) is 11.6 Å². The molecule has 0 aliphatic rings. The lowest BCUT2D eigenvalue weighted by molar-refractivity contribution is 0.365. The van der Waals surface area contributed by atoms with E-state index in [0.717, 1.165) is 0 Å². The first kappa shape index (κ1) is 18.3. The Hall–Kier alpha value is -3.52. The van der Waals surface area contributed by atoms with Crippen molar-refractivity contribution < 1.29 is 22.3 Å². The third kappa shape index (κ3) is 4.99. The summed E-state index contributed by atoms with van der Waals surface area (Å²) in [6.45, 7) is 0. The van der Waals surface area contributed by atoms with Crippen LogP contribution in [0.1, 0.15) is 11.1 Å². The molecule has 0 spiro atoms. The van der Waals surface area contributed by atoms with E-state index in [1.54, 1.807) is 24.3 Å². The molecule has 3 rings (SSSR count). The Morgan fingerprint density at radius 1 is 0.778 bits per heavy atom. The minimum atomic E-state index is -1.93. The molecule has 3 aromatic rings. The molecule has 0 aliphatic carbocycles. The van der Waals surface area contributed by atoms with Gasteiger partial charge in [0.1, 0.15) is 17.4 Å². The van der Waals surface area contributed by atoms with Crippen molar-refractivity contribution in [3.8, 4) is 28.7 Å². The molecule has 0 aliphatic heterocycles. The van der Waals surface area contributed by atoms with Gasteiger partial charge in [-0.25, -0.2) is 8.78 Å². The second kappa shape index (κ2) is 8.24. The molecule has 134 valence electrons. The Morgan fingerprint density at radius 2 is 1.41 bits per heavy atom. The van der Waals surface area contributed by atoms with Crippen molar-refractivity contribution in [3.63, 3.8) is 0 Å². The van der Waals surface area contributed by atoms with Crippen LogP contribution in [0.15, 0.2) is 79.1 Å². The van der Waals surface area contributed by atoms with Gasteiger partial charge in [0.15, 0.2) is 6.26 Å². The molecule has 0 aromatic heterocycles. The van der Waals surface area contributed by atoms with E-state index < -0.39 is 11.9 Å². The number of ether oxygens (including phenoxy) is 1. The normalized spacial score (nSPS) is 9.93. The lowest BCUT2D eigenvalue weighted by Gasteiger charge is -2.04. The zero-order chi connectivity index (χ0) is 19.2. The second-order valence-corrected chi connectivity index (χ2v) is 5.50. The van der Waals surface area contributed by atoms with Crippen LogP contribution in [0.4, 0.5) is 17.6 Å². The molecule has 0 amide bonds. The summed E-state index contributed by atoms with van der Waals surface area (Å²) in [4.78, 5) is 0. The van der Waals surface area contributed by atoms with Crippen molar-refractivity contribution in [2.75, 3.05) is 0 Å². The van der Waals surface area contributed by atoms with Gasteiger partial charge in [-0.2, -0.15) is 8.78 Å². The lowest BCUT2D eigenvalue weighted by atomic mass is 10.0. The average molecular weight is 368 g/mol. The zero-order valence-corrected chi connectivity index (χ0v) is 13.8. The molecule has 27 heavy (non-hydrogen) atoms. The van der Waals surface area contributed by atoms with Crippen LogP contribution < -0.4 is 4.74 Å². The Bertz CT molecular complexity index is 1020. The maximum absolute atomic E-state index is 14.3. The van der Waals surface area contributed by atoms with Gasteiger partial charge in [-0.1, -0.05) is 30.0 Å². The molecular weight excluding hydrogens is 356 g/mol. The van der Waals surface area contributed by atoms with Gasteiger partial charge in [0.2, 0.25) is 0 Å². The Labute approximate surface area is 153 Å². The van der Waals surface area contributed by atoms with E-state index >= 15 is 0 Å². The minimum Gasteiger partial charge on any atom is -0.459 e. The molecule has 0 saturated carbocycles. The summed E-state index contributed by atoms with van der Waals surface area (Å²) < 4.78 is 56.0. The van der Waals surface area contributed by atoms with E-state index in [2.05, 4.69) is 11.8 Å². The summed E-state index contributed by atoms with van der Waals surface area (Å²) >= 11 is 0. The molecule has 0 atom stereocenters. The SMILES string of the molecule is FC(F)=COc1ccc(C#Cc2ccc(-c3ccc(F)cc3)c(F)c2)cc1. The summed E-state index contributed by atoms with van der Waals surface area (Å²) in [5.74, 6) is 5.10. The predicted octanol–water partition coefficient (Wildman–Crippen LogP) is 6.15. The highest BCUT2D eigenvalue weighted by Crippen LogP contribution is 2.23. The summed E-state index contributed by atoms with van der Waals surface area (Å²) in [7, 11) is 0. The number of halogens is 4. The minimum absolute atomic E-state index is 0.253. The molecule has 5 heteroatoms. The highest BCUT2D eigenvalue weighted by molar-refractivity contribution is 5.65. The largest absolute Gasteiger partial charge is 0.459 e. The average Bonchev–Trinajstić information content (AvgIpc) is 2.66. The van der Waals surface area contributed by atoms with Gasteiger partial charge < -0.3 is 4.74 Å². The standard InChI is InChI=1S/C22H12F4O/c23-18-8-6-17(7-9-18)20-12-5-16(13-21(20)24)2-1-15-3-10-19(11-4-15)27-14-22(25)26/h3-14H. The van der Waals surface area contributed by atoms with Gasteiger partial charge in [0.05, 0.1) is 0 Å². The quantitative estimate of drug-likeness (QED) is 0.306. The summed E-state index contributed by atoms with van der Waals surface area (Å²) in [6.07, 6.45) is -1.57. The van der Waals surface area contributed by atoms with Crippen LogP contribution in [-0.4, -0.2) is 0 Å². The van der Waals surface area contributed by atoms with Crippen molar-refractivity contribution in [3.05, 3.63) is 102 Å². The molecule has 0 bridgehead atoms. The fraction of sp³-hybridized carbons (Fsp3) is 0. The van der Waals surface area contributed by atoms with Crippen molar-refractivity contribution in [2.45, 2.75) is 0 Å². The maximum atomic E-state index is 14.3. The number of rotatable bonds is 3. The second-order valence-electron chi connectivity index (χ2n) is 5.50. The van der Waals surface area contributed by atoms with E-state index in [0.29, 0.717) is 28.5 Å². The molecule has 0 heterocycles. The van der Waals surface area contributed by atoms with Crippen molar-refractivity contribution in [1.29, 1.82) is 0 Å². The van der Waals surface area contributed by atoms with Crippen LogP contribution in [0.25, 0.3) is 11.1 Å². The van der Waals surface area contributed by atoms with E-state index in [1.807, 2.05) is 0 Å². The Morgan fingerprint density at radius 3 is 2.04 bits per heavy atom. The molecule has 0 N–H and O–H groups in total. The molecular formula is C22H12F4O. The molecule has 0 saturated heterocycles. The fourth-order valence-electron chi connectivity index (χ4n) is 2.33. The summed E-state index contributed by atoms with van der Waals surface area (Å²) in [5.41, 5.74) is 2.02. The summed E-state index contributed by atoms with van der Waals surface area (Å²) in [5, 5.41) is 0. The first-order valence-electron chi connectivity index (χ1n) is 7.87. The first-order valence-corrected chi connectivity index (χ1v) is 7.87. The van der Waals surface area contributed by atoms with Crippen LogP contribution in [0, 0.1) is 23.5 Å². The van der Waals surface area contributed by atoms with E-state index in [4.69, 9.17) is 4.74 Å². The van der Waals surface area contributed by atoms with Gasteiger partial charge in [0, 0.05) is 16.7 Å². The topological polar surface area (TPSA) is 9.23 Å².